The lowest BCUT2D eigenvalue weighted by atomic mass is 9.99. The summed E-state index contributed by atoms with van der Waals surface area (Å²) in [6.45, 7) is 3.94. The van der Waals surface area contributed by atoms with Crippen molar-refractivity contribution in [1.29, 1.82) is 0 Å². The van der Waals surface area contributed by atoms with Crippen LogP contribution >= 0.6 is 11.6 Å². The van der Waals surface area contributed by atoms with Crippen molar-refractivity contribution < 1.29 is 4.79 Å². The SMILES string of the molecule is Cc1cc(C)c(NC(=O)c2ccccc2CCc2ccccc2)c(Cl)c1. The molecule has 3 aromatic rings. The van der Waals surface area contributed by atoms with E-state index < -0.39 is 0 Å². The van der Waals surface area contributed by atoms with Crippen molar-refractivity contribution in [3.05, 3.63) is 99.6 Å². The van der Waals surface area contributed by atoms with E-state index in [4.69, 9.17) is 11.6 Å². The van der Waals surface area contributed by atoms with Gasteiger partial charge in [0.05, 0.1) is 10.7 Å². The fraction of sp³-hybridized carbons (Fsp3) is 0.174. The molecule has 0 spiro atoms. The third-order valence-corrected chi connectivity index (χ3v) is 4.76. The van der Waals surface area contributed by atoms with Crippen LogP contribution in [0.5, 0.6) is 0 Å². The van der Waals surface area contributed by atoms with E-state index in [0.717, 1.165) is 29.5 Å². The van der Waals surface area contributed by atoms with Gasteiger partial charge in [0.15, 0.2) is 0 Å². The molecule has 3 aromatic carbocycles. The first-order valence-corrected chi connectivity index (χ1v) is 9.12. The van der Waals surface area contributed by atoms with E-state index in [1.165, 1.54) is 5.56 Å². The molecule has 0 aliphatic rings. The van der Waals surface area contributed by atoms with Crippen molar-refractivity contribution in [1.82, 2.24) is 0 Å². The number of amides is 1. The van der Waals surface area contributed by atoms with E-state index in [0.29, 0.717) is 16.3 Å². The van der Waals surface area contributed by atoms with Gasteiger partial charge in [-0.2, -0.15) is 0 Å². The average Bonchev–Trinajstić information content (AvgIpc) is 2.64. The molecular weight excluding hydrogens is 342 g/mol. The molecule has 0 radical (unpaired) electrons. The Morgan fingerprint density at radius 3 is 2.35 bits per heavy atom. The minimum Gasteiger partial charge on any atom is -0.320 e. The van der Waals surface area contributed by atoms with Gasteiger partial charge in [0.2, 0.25) is 0 Å². The van der Waals surface area contributed by atoms with Gasteiger partial charge in [-0.05, 0) is 61.1 Å². The second kappa shape index (κ2) is 8.20. The van der Waals surface area contributed by atoms with Gasteiger partial charge in [-0.3, -0.25) is 4.79 Å². The molecule has 0 bridgehead atoms. The number of benzene rings is 3. The van der Waals surface area contributed by atoms with Gasteiger partial charge in [-0.25, -0.2) is 0 Å². The van der Waals surface area contributed by atoms with Crippen LogP contribution in [0.2, 0.25) is 5.02 Å². The number of aryl methyl sites for hydroxylation is 4. The minimum absolute atomic E-state index is 0.123. The number of carbonyl (C=O) groups excluding carboxylic acids is 1. The van der Waals surface area contributed by atoms with Crippen molar-refractivity contribution >= 4 is 23.2 Å². The smallest absolute Gasteiger partial charge is 0.255 e. The van der Waals surface area contributed by atoms with E-state index in [9.17, 15) is 4.79 Å². The Morgan fingerprint density at radius 2 is 1.62 bits per heavy atom. The quantitative estimate of drug-likeness (QED) is 0.592. The molecule has 1 N–H and O–H groups in total. The van der Waals surface area contributed by atoms with Crippen molar-refractivity contribution in [2.24, 2.45) is 0 Å². The van der Waals surface area contributed by atoms with Crippen LogP contribution < -0.4 is 5.32 Å². The van der Waals surface area contributed by atoms with Gasteiger partial charge in [0.1, 0.15) is 0 Å². The lowest BCUT2D eigenvalue weighted by Gasteiger charge is -2.14. The van der Waals surface area contributed by atoms with Gasteiger partial charge in [-0.15, -0.1) is 0 Å². The topological polar surface area (TPSA) is 29.1 Å². The molecule has 1 amide bonds. The second-order valence-electron chi connectivity index (χ2n) is 6.54. The molecule has 0 heterocycles. The Kier molecular flexibility index (Phi) is 5.75. The summed E-state index contributed by atoms with van der Waals surface area (Å²) >= 11 is 6.33. The normalized spacial score (nSPS) is 10.6. The fourth-order valence-corrected chi connectivity index (χ4v) is 3.51. The third kappa shape index (κ3) is 4.33. The Balaban J connectivity index is 1.80. The number of halogens is 1. The molecule has 0 saturated carbocycles. The molecule has 2 nitrogen and oxygen atoms in total. The average molecular weight is 364 g/mol. The van der Waals surface area contributed by atoms with E-state index in [-0.39, 0.29) is 5.91 Å². The Bertz CT molecular complexity index is 895. The van der Waals surface area contributed by atoms with Crippen molar-refractivity contribution in [3.63, 3.8) is 0 Å². The number of anilines is 1. The summed E-state index contributed by atoms with van der Waals surface area (Å²) in [5, 5.41) is 3.56. The molecule has 132 valence electrons. The van der Waals surface area contributed by atoms with Gasteiger partial charge in [0.25, 0.3) is 5.91 Å². The zero-order valence-electron chi connectivity index (χ0n) is 15.1. The molecule has 0 fully saturated rings. The molecule has 0 saturated heterocycles. The Hall–Kier alpha value is -2.58. The van der Waals surface area contributed by atoms with Crippen molar-refractivity contribution in [3.8, 4) is 0 Å². The molecule has 0 aliphatic carbocycles. The van der Waals surface area contributed by atoms with Crippen LogP contribution in [0.3, 0.4) is 0 Å². The van der Waals surface area contributed by atoms with E-state index in [1.807, 2.05) is 68.4 Å². The number of carbonyl (C=O) groups is 1. The summed E-state index contributed by atoms with van der Waals surface area (Å²) in [6, 6.07) is 21.9. The van der Waals surface area contributed by atoms with Gasteiger partial charge in [-0.1, -0.05) is 66.2 Å². The van der Waals surface area contributed by atoms with Crippen LogP contribution in [-0.2, 0) is 12.8 Å². The Morgan fingerprint density at radius 1 is 0.923 bits per heavy atom. The first kappa shape index (κ1) is 18.2. The summed E-state index contributed by atoms with van der Waals surface area (Å²) in [7, 11) is 0. The van der Waals surface area contributed by atoms with Crippen LogP contribution in [0, 0.1) is 13.8 Å². The van der Waals surface area contributed by atoms with E-state index in [2.05, 4.69) is 17.4 Å². The van der Waals surface area contributed by atoms with Crippen LogP contribution in [0.15, 0.2) is 66.7 Å². The Labute approximate surface area is 159 Å². The van der Waals surface area contributed by atoms with Gasteiger partial charge >= 0.3 is 0 Å². The minimum atomic E-state index is -0.123. The maximum Gasteiger partial charge on any atom is 0.255 e. The van der Waals surface area contributed by atoms with Crippen molar-refractivity contribution in [2.45, 2.75) is 26.7 Å². The maximum atomic E-state index is 12.9. The summed E-state index contributed by atoms with van der Waals surface area (Å²) in [6.07, 6.45) is 1.71. The van der Waals surface area contributed by atoms with Crippen LogP contribution in [0.25, 0.3) is 0 Å². The highest BCUT2D eigenvalue weighted by Gasteiger charge is 2.14. The van der Waals surface area contributed by atoms with Crippen molar-refractivity contribution in [2.75, 3.05) is 5.32 Å². The van der Waals surface area contributed by atoms with E-state index >= 15 is 0 Å². The number of hydrogen-bond acceptors (Lipinski definition) is 1. The highest BCUT2D eigenvalue weighted by Crippen LogP contribution is 2.28. The fourth-order valence-electron chi connectivity index (χ4n) is 3.14. The lowest BCUT2D eigenvalue weighted by Crippen LogP contribution is -2.15. The van der Waals surface area contributed by atoms with Crippen LogP contribution in [-0.4, -0.2) is 5.91 Å². The molecule has 0 aromatic heterocycles. The first-order chi connectivity index (χ1) is 12.5. The van der Waals surface area contributed by atoms with Crippen LogP contribution in [0.1, 0.15) is 32.6 Å². The number of nitrogens with one attached hydrogen (secondary N) is 1. The summed E-state index contributed by atoms with van der Waals surface area (Å²) in [4.78, 5) is 12.9. The highest BCUT2D eigenvalue weighted by molar-refractivity contribution is 6.34. The third-order valence-electron chi connectivity index (χ3n) is 4.46. The molecule has 26 heavy (non-hydrogen) atoms. The summed E-state index contributed by atoms with van der Waals surface area (Å²) in [5.41, 5.74) is 5.72. The summed E-state index contributed by atoms with van der Waals surface area (Å²) in [5.74, 6) is -0.123. The highest BCUT2D eigenvalue weighted by atomic mass is 35.5. The molecule has 0 atom stereocenters. The first-order valence-electron chi connectivity index (χ1n) is 8.74. The molecule has 3 rings (SSSR count). The van der Waals surface area contributed by atoms with Gasteiger partial charge < -0.3 is 5.32 Å². The van der Waals surface area contributed by atoms with E-state index in [1.54, 1.807) is 0 Å². The standard InChI is InChI=1S/C23H22ClNO/c1-16-14-17(2)22(21(24)15-16)25-23(26)20-11-7-6-10-19(20)13-12-18-8-4-3-5-9-18/h3-11,14-15H,12-13H2,1-2H3,(H,25,26). The number of hydrogen-bond donors (Lipinski definition) is 1. The second-order valence-corrected chi connectivity index (χ2v) is 6.94. The van der Waals surface area contributed by atoms with Gasteiger partial charge in [0, 0.05) is 5.56 Å². The van der Waals surface area contributed by atoms with Crippen LogP contribution in [0.4, 0.5) is 5.69 Å². The zero-order chi connectivity index (χ0) is 18.5. The lowest BCUT2D eigenvalue weighted by molar-refractivity contribution is 0.102. The predicted molar refractivity (Wildman–Crippen MR) is 109 cm³/mol. The number of rotatable bonds is 5. The molecular formula is C23H22ClNO. The predicted octanol–water partition coefficient (Wildman–Crippen LogP) is 5.99. The maximum absolute atomic E-state index is 12.9. The molecule has 3 heteroatoms. The largest absolute Gasteiger partial charge is 0.320 e. The summed E-state index contributed by atoms with van der Waals surface area (Å²) < 4.78 is 0. The molecule has 0 aliphatic heterocycles. The monoisotopic (exact) mass is 363 g/mol. The molecule has 0 unspecified atom stereocenters. The zero-order valence-corrected chi connectivity index (χ0v) is 15.8.